The normalized spacial score (nSPS) is 22.1. The van der Waals surface area contributed by atoms with E-state index in [1.54, 1.807) is 0 Å². The fraction of sp³-hybridized carbons (Fsp3) is 0.625. The van der Waals surface area contributed by atoms with Crippen LogP contribution in [0.3, 0.4) is 0 Å². The first-order valence-corrected chi connectivity index (χ1v) is 8.20. The molecule has 1 fully saturated rings. The summed E-state index contributed by atoms with van der Waals surface area (Å²) in [5.41, 5.74) is 2.55. The fourth-order valence-corrected chi connectivity index (χ4v) is 3.72. The first kappa shape index (κ1) is 14.6. The maximum atomic E-state index is 6.69. The molecule has 21 heavy (non-hydrogen) atoms. The summed E-state index contributed by atoms with van der Waals surface area (Å²) < 4.78 is 1.92. The quantitative estimate of drug-likeness (QED) is 0.836. The Kier molecular flexibility index (Phi) is 4.07. The van der Waals surface area contributed by atoms with Crippen LogP contribution in [0.4, 0.5) is 5.82 Å². The van der Waals surface area contributed by atoms with Crippen molar-refractivity contribution in [2.24, 2.45) is 10.9 Å². The van der Waals surface area contributed by atoms with Gasteiger partial charge < -0.3 is 4.90 Å². The van der Waals surface area contributed by atoms with Crippen molar-refractivity contribution < 1.29 is 0 Å². The van der Waals surface area contributed by atoms with E-state index in [0.29, 0.717) is 5.92 Å². The Morgan fingerprint density at radius 1 is 1.43 bits per heavy atom. The van der Waals surface area contributed by atoms with E-state index in [9.17, 15) is 0 Å². The molecule has 0 radical (unpaired) electrons. The van der Waals surface area contributed by atoms with E-state index in [1.165, 1.54) is 24.8 Å². The van der Waals surface area contributed by atoms with Gasteiger partial charge in [-0.2, -0.15) is 9.78 Å². The standard InChI is InChI=1S/C16H23ClN4/c1-4-20(3)16-11(2)9-19-21(16)15-14(17)13-8-6-5-7-12(13)10-18-15/h9,12H,4-8,10H2,1-3H3. The summed E-state index contributed by atoms with van der Waals surface area (Å²) in [6.07, 6.45) is 6.78. The summed E-state index contributed by atoms with van der Waals surface area (Å²) in [6.45, 7) is 6.00. The minimum atomic E-state index is 0.555. The third kappa shape index (κ3) is 2.50. The molecule has 4 nitrogen and oxygen atoms in total. The monoisotopic (exact) mass is 306 g/mol. The van der Waals surface area contributed by atoms with Crippen LogP contribution in [0.25, 0.3) is 0 Å². The number of rotatable bonds is 2. The number of aromatic nitrogens is 2. The summed E-state index contributed by atoms with van der Waals surface area (Å²) in [7, 11) is 2.08. The van der Waals surface area contributed by atoms with Crippen LogP contribution in [-0.4, -0.2) is 35.8 Å². The largest absolute Gasteiger partial charge is 0.360 e. The molecule has 0 saturated heterocycles. The highest BCUT2D eigenvalue weighted by atomic mass is 35.5. The first-order chi connectivity index (χ1) is 10.1. The van der Waals surface area contributed by atoms with Gasteiger partial charge in [0.1, 0.15) is 5.82 Å². The van der Waals surface area contributed by atoms with Crippen LogP contribution in [0.15, 0.2) is 21.8 Å². The van der Waals surface area contributed by atoms with Crippen molar-refractivity contribution in [2.45, 2.75) is 39.5 Å². The zero-order valence-corrected chi connectivity index (χ0v) is 13.8. The second-order valence-corrected chi connectivity index (χ2v) is 6.40. The number of aryl methyl sites for hydroxylation is 1. The van der Waals surface area contributed by atoms with E-state index in [0.717, 1.165) is 41.8 Å². The number of nitrogens with zero attached hydrogens (tertiary/aromatic N) is 4. The molecule has 2 heterocycles. The van der Waals surface area contributed by atoms with E-state index < -0.39 is 0 Å². The lowest BCUT2D eigenvalue weighted by Gasteiger charge is -2.30. The van der Waals surface area contributed by atoms with Gasteiger partial charge in [-0.15, -0.1) is 0 Å². The van der Waals surface area contributed by atoms with Gasteiger partial charge in [-0.05, 0) is 38.7 Å². The van der Waals surface area contributed by atoms with Gasteiger partial charge in [-0.25, -0.2) is 0 Å². The second-order valence-electron chi connectivity index (χ2n) is 6.02. The van der Waals surface area contributed by atoms with Crippen molar-refractivity contribution in [3.63, 3.8) is 0 Å². The molecule has 0 aromatic carbocycles. The molecule has 1 atom stereocenters. The zero-order chi connectivity index (χ0) is 15.0. The highest BCUT2D eigenvalue weighted by Crippen LogP contribution is 2.37. The smallest absolute Gasteiger partial charge is 0.169 e. The van der Waals surface area contributed by atoms with Crippen LogP contribution in [0.2, 0.25) is 0 Å². The lowest BCUT2D eigenvalue weighted by Crippen LogP contribution is -2.29. The van der Waals surface area contributed by atoms with Crippen molar-refractivity contribution in [2.75, 3.05) is 25.0 Å². The van der Waals surface area contributed by atoms with Gasteiger partial charge in [0.15, 0.2) is 5.84 Å². The van der Waals surface area contributed by atoms with Crippen LogP contribution >= 0.6 is 11.6 Å². The Labute approximate surface area is 131 Å². The second kappa shape index (κ2) is 5.84. The lowest BCUT2D eigenvalue weighted by atomic mass is 9.83. The fourth-order valence-electron chi connectivity index (χ4n) is 3.34. The SMILES string of the molecule is CCN(C)c1c(C)cnn1C1=NCC2CCCCC2=C1Cl. The predicted octanol–water partition coefficient (Wildman–Crippen LogP) is 3.59. The Balaban J connectivity index is 2.02. The van der Waals surface area contributed by atoms with E-state index in [4.69, 9.17) is 16.6 Å². The summed E-state index contributed by atoms with van der Waals surface area (Å²) in [5, 5.41) is 5.36. The third-order valence-corrected chi connectivity index (χ3v) is 5.05. The highest BCUT2D eigenvalue weighted by Gasteiger charge is 2.29. The Morgan fingerprint density at radius 3 is 3.00 bits per heavy atom. The third-order valence-electron chi connectivity index (χ3n) is 4.64. The van der Waals surface area contributed by atoms with Crippen molar-refractivity contribution in [1.82, 2.24) is 9.78 Å². The maximum absolute atomic E-state index is 6.69. The Morgan fingerprint density at radius 2 is 2.24 bits per heavy atom. The van der Waals surface area contributed by atoms with E-state index >= 15 is 0 Å². The van der Waals surface area contributed by atoms with Gasteiger partial charge in [0, 0.05) is 31.6 Å². The molecule has 1 saturated carbocycles. The first-order valence-electron chi connectivity index (χ1n) is 7.83. The van der Waals surface area contributed by atoms with Gasteiger partial charge >= 0.3 is 0 Å². The van der Waals surface area contributed by atoms with Gasteiger partial charge in [0.2, 0.25) is 0 Å². The number of anilines is 1. The molecule has 1 aromatic heterocycles. The minimum absolute atomic E-state index is 0.555. The van der Waals surface area contributed by atoms with Gasteiger partial charge in [-0.3, -0.25) is 4.99 Å². The van der Waals surface area contributed by atoms with Crippen LogP contribution in [0, 0.1) is 12.8 Å². The summed E-state index contributed by atoms with van der Waals surface area (Å²) in [6, 6.07) is 0. The predicted molar refractivity (Wildman–Crippen MR) is 88.4 cm³/mol. The Bertz CT molecular complexity index is 599. The Hall–Kier alpha value is -1.29. The van der Waals surface area contributed by atoms with E-state index in [2.05, 4.69) is 30.9 Å². The number of aliphatic imine (C=N–C) groups is 1. The molecule has 1 unspecified atom stereocenters. The molecule has 0 amide bonds. The lowest BCUT2D eigenvalue weighted by molar-refractivity contribution is 0.455. The number of hydrogen-bond donors (Lipinski definition) is 0. The number of fused-ring (bicyclic) bond motifs is 1. The van der Waals surface area contributed by atoms with Crippen molar-refractivity contribution in [3.05, 3.63) is 22.4 Å². The minimum Gasteiger partial charge on any atom is -0.360 e. The molecule has 5 heteroatoms. The molecule has 3 rings (SSSR count). The van der Waals surface area contributed by atoms with Crippen LogP contribution < -0.4 is 4.90 Å². The average Bonchev–Trinajstić information content (AvgIpc) is 2.89. The van der Waals surface area contributed by atoms with Gasteiger partial charge in [-0.1, -0.05) is 18.0 Å². The molecule has 114 valence electrons. The van der Waals surface area contributed by atoms with Crippen LogP contribution in [-0.2, 0) is 0 Å². The molecule has 1 aliphatic carbocycles. The summed E-state index contributed by atoms with van der Waals surface area (Å²) in [5.74, 6) is 2.47. The number of hydrogen-bond acceptors (Lipinski definition) is 3. The van der Waals surface area contributed by atoms with E-state index in [1.807, 2.05) is 10.9 Å². The molecule has 1 aromatic rings. The van der Waals surface area contributed by atoms with Crippen molar-refractivity contribution in [1.29, 1.82) is 0 Å². The molecule has 0 bridgehead atoms. The van der Waals surface area contributed by atoms with Crippen molar-refractivity contribution in [3.8, 4) is 0 Å². The average molecular weight is 307 g/mol. The topological polar surface area (TPSA) is 33.4 Å². The maximum Gasteiger partial charge on any atom is 0.169 e. The number of dihydropyridines is 1. The summed E-state index contributed by atoms with van der Waals surface area (Å²) in [4.78, 5) is 6.94. The molecule has 1 aliphatic heterocycles. The van der Waals surface area contributed by atoms with E-state index in [-0.39, 0.29) is 0 Å². The van der Waals surface area contributed by atoms with Gasteiger partial charge in [0.05, 0.1) is 11.2 Å². The summed E-state index contributed by atoms with van der Waals surface area (Å²) >= 11 is 6.69. The molecule has 0 spiro atoms. The molecule has 2 aliphatic rings. The highest BCUT2D eigenvalue weighted by molar-refractivity contribution is 6.44. The van der Waals surface area contributed by atoms with Crippen LogP contribution in [0.5, 0.6) is 0 Å². The zero-order valence-electron chi connectivity index (χ0n) is 13.1. The number of allylic oxidation sites excluding steroid dienone is 1. The van der Waals surface area contributed by atoms with Crippen molar-refractivity contribution >= 4 is 23.3 Å². The molecule has 0 N–H and O–H groups in total. The van der Waals surface area contributed by atoms with Gasteiger partial charge in [0.25, 0.3) is 0 Å². The van der Waals surface area contributed by atoms with Crippen LogP contribution in [0.1, 0.15) is 38.2 Å². The number of halogens is 1. The molecular formula is C16H23ClN4. The molecular weight excluding hydrogens is 284 g/mol.